The van der Waals surface area contributed by atoms with Gasteiger partial charge in [0.15, 0.2) is 0 Å². The van der Waals surface area contributed by atoms with E-state index in [-0.39, 0.29) is 6.61 Å². The summed E-state index contributed by atoms with van der Waals surface area (Å²) in [4.78, 5) is 0. The molecule has 0 aliphatic heterocycles. The zero-order chi connectivity index (χ0) is 19.2. The van der Waals surface area contributed by atoms with Crippen molar-refractivity contribution in [3.8, 4) is 0 Å². The molecule has 0 bridgehead atoms. The Kier molecular flexibility index (Phi) is 6.93. The van der Waals surface area contributed by atoms with Crippen LogP contribution in [0.5, 0.6) is 0 Å². The molecule has 4 nitrogen and oxygen atoms in total. The Labute approximate surface area is 168 Å². The molecule has 140 valence electrons. The molecule has 0 atom stereocenters. The summed E-state index contributed by atoms with van der Waals surface area (Å²) in [6, 6.07) is 29.5. The molecule has 3 aromatic carbocycles. The van der Waals surface area contributed by atoms with Crippen molar-refractivity contribution in [2.24, 2.45) is 0 Å². The first-order valence-corrected chi connectivity index (χ1v) is 15.2. The van der Waals surface area contributed by atoms with Gasteiger partial charge < -0.3 is 0 Å². The van der Waals surface area contributed by atoms with Gasteiger partial charge in [0.2, 0.25) is 0 Å². The Hall–Kier alpha value is -1.40. The zero-order valence-corrected chi connectivity index (χ0v) is 18.7. The van der Waals surface area contributed by atoms with E-state index in [0.29, 0.717) is 6.42 Å². The van der Waals surface area contributed by atoms with Crippen LogP contribution in [-0.2, 0) is 27.3 Å². The quantitative estimate of drug-likeness (QED) is 0.399. The van der Waals surface area contributed by atoms with Crippen molar-refractivity contribution in [3.63, 3.8) is 0 Å². The van der Waals surface area contributed by atoms with Crippen LogP contribution in [0.25, 0.3) is 0 Å². The summed E-state index contributed by atoms with van der Waals surface area (Å²) >= 11 is -5.19. The van der Waals surface area contributed by atoms with Gasteiger partial charge in [0.1, 0.15) is 0 Å². The minimum atomic E-state index is -5.19. The summed E-state index contributed by atoms with van der Waals surface area (Å²) in [5.74, 6) is 0. The SMILES string of the molecule is CCC[O][Zr]([OH])([OH])[O][Si](c1ccccc1)(c1ccccc1)c1ccccc1. The Morgan fingerprint density at radius 3 is 1.41 bits per heavy atom. The van der Waals surface area contributed by atoms with Gasteiger partial charge in [-0.15, -0.1) is 0 Å². The predicted octanol–water partition coefficient (Wildman–Crippen LogP) is 1.90. The van der Waals surface area contributed by atoms with Crippen LogP contribution in [0.4, 0.5) is 0 Å². The maximum atomic E-state index is 10.7. The fourth-order valence-electron chi connectivity index (χ4n) is 3.16. The normalized spacial score (nSPS) is 12.1. The van der Waals surface area contributed by atoms with Crippen LogP contribution >= 0.6 is 0 Å². The van der Waals surface area contributed by atoms with E-state index < -0.39 is 30.3 Å². The summed E-state index contributed by atoms with van der Waals surface area (Å²) in [5, 5.41) is 2.85. The van der Waals surface area contributed by atoms with E-state index in [2.05, 4.69) is 0 Å². The molecule has 0 aliphatic carbocycles. The Morgan fingerprint density at radius 2 is 1.07 bits per heavy atom. The molecule has 0 saturated heterocycles. The molecule has 27 heavy (non-hydrogen) atoms. The second-order valence-corrected chi connectivity index (χ2v) is 14.5. The van der Waals surface area contributed by atoms with E-state index in [1.807, 2.05) is 97.9 Å². The topological polar surface area (TPSA) is 58.9 Å². The molecule has 0 amide bonds. The molecular formula is C21H24O4SiZr. The summed E-state index contributed by atoms with van der Waals surface area (Å²) in [5.41, 5.74) is 0. The van der Waals surface area contributed by atoms with Gasteiger partial charge >= 0.3 is 169 Å². The van der Waals surface area contributed by atoms with Crippen molar-refractivity contribution in [1.29, 1.82) is 0 Å². The van der Waals surface area contributed by atoms with Gasteiger partial charge in [-0.1, -0.05) is 0 Å². The molecule has 0 fully saturated rings. The van der Waals surface area contributed by atoms with Gasteiger partial charge in [0.25, 0.3) is 0 Å². The van der Waals surface area contributed by atoms with Gasteiger partial charge in [-0.25, -0.2) is 0 Å². The van der Waals surface area contributed by atoms with Crippen molar-refractivity contribution < 1.29 is 33.7 Å². The minimum absolute atomic E-state index is 0.270. The molecular weight excluding hydrogens is 436 g/mol. The number of hydrogen-bond donors (Lipinski definition) is 2. The summed E-state index contributed by atoms with van der Waals surface area (Å²) in [6.07, 6.45) is 0.694. The Morgan fingerprint density at radius 1 is 0.704 bits per heavy atom. The molecule has 6 heteroatoms. The third-order valence-corrected chi connectivity index (χ3v) is 14.0. The molecule has 3 rings (SSSR count). The Balaban J connectivity index is 2.23. The molecule has 0 saturated carbocycles. The average molecular weight is 460 g/mol. The van der Waals surface area contributed by atoms with E-state index in [1.54, 1.807) is 0 Å². The second-order valence-electron chi connectivity index (χ2n) is 6.28. The van der Waals surface area contributed by atoms with Crippen LogP contribution in [0, 0.1) is 0 Å². The summed E-state index contributed by atoms with van der Waals surface area (Å²) in [7, 11) is -3.14. The van der Waals surface area contributed by atoms with Gasteiger partial charge in [-0.3, -0.25) is 0 Å². The van der Waals surface area contributed by atoms with E-state index >= 15 is 0 Å². The number of rotatable bonds is 8. The van der Waals surface area contributed by atoms with E-state index in [9.17, 15) is 6.37 Å². The van der Waals surface area contributed by atoms with Crippen molar-refractivity contribution in [3.05, 3.63) is 91.0 Å². The van der Waals surface area contributed by atoms with Crippen molar-refractivity contribution in [2.45, 2.75) is 13.3 Å². The van der Waals surface area contributed by atoms with Gasteiger partial charge in [-0.2, -0.15) is 0 Å². The van der Waals surface area contributed by atoms with Crippen LogP contribution in [0.2, 0.25) is 0 Å². The van der Waals surface area contributed by atoms with Crippen LogP contribution in [0.3, 0.4) is 0 Å². The monoisotopic (exact) mass is 458 g/mol. The first-order chi connectivity index (χ1) is 13.1. The molecule has 0 heterocycles. The van der Waals surface area contributed by atoms with Gasteiger partial charge in [-0.05, 0) is 0 Å². The van der Waals surface area contributed by atoms with E-state index in [0.717, 1.165) is 15.6 Å². The molecule has 0 spiro atoms. The van der Waals surface area contributed by atoms with Crippen molar-refractivity contribution >= 4 is 23.9 Å². The third-order valence-electron chi connectivity index (χ3n) is 4.32. The summed E-state index contributed by atoms with van der Waals surface area (Å²) in [6.45, 7) is 2.20. The fraction of sp³-hybridized carbons (Fsp3) is 0.143. The Bertz CT molecular complexity index is 732. The van der Waals surface area contributed by atoms with Crippen LogP contribution in [0.1, 0.15) is 13.3 Å². The second kappa shape index (κ2) is 9.20. The standard InChI is InChI=1S/C18H15OSi.C3H7O.2H2O.Zr/c19-20(16-10-4-1-5-11-16,17-12-6-2-7-13-17)18-14-8-3-9-15-18;1-2-3-4;;;/h1-15H;2-3H2,1H3;2*1H2;/q2*-1;;;+4/p-2. The zero-order valence-electron chi connectivity index (χ0n) is 15.3. The fourth-order valence-corrected chi connectivity index (χ4v) is 14.1. The maximum absolute atomic E-state index is 10.7. The van der Waals surface area contributed by atoms with Crippen LogP contribution < -0.4 is 15.6 Å². The number of hydrogen-bond acceptors (Lipinski definition) is 4. The van der Waals surface area contributed by atoms with E-state index in [1.165, 1.54) is 0 Å². The molecule has 0 aromatic heterocycles. The van der Waals surface area contributed by atoms with Gasteiger partial charge in [0, 0.05) is 0 Å². The first kappa shape index (κ1) is 20.3. The molecule has 2 N–H and O–H groups in total. The molecule has 0 aliphatic rings. The van der Waals surface area contributed by atoms with E-state index in [4.69, 9.17) is 5.32 Å². The van der Waals surface area contributed by atoms with Crippen LogP contribution in [-0.4, -0.2) is 21.3 Å². The first-order valence-electron chi connectivity index (χ1n) is 9.04. The summed E-state index contributed by atoms with van der Waals surface area (Å²) < 4.78 is 33.2. The van der Waals surface area contributed by atoms with Crippen LogP contribution in [0.15, 0.2) is 91.0 Å². The van der Waals surface area contributed by atoms with Crippen molar-refractivity contribution in [1.82, 2.24) is 0 Å². The van der Waals surface area contributed by atoms with Crippen molar-refractivity contribution in [2.75, 3.05) is 6.61 Å². The molecule has 3 aromatic rings. The average Bonchev–Trinajstić information content (AvgIpc) is 2.72. The molecule has 0 radical (unpaired) electrons. The number of benzene rings is 3. The predicted molar refractivity (Wildman–Crippen MR) is 106 cm³/mol. The third kappa shape index (κ3) is 4.72. The van der Waals surface area contributed by atoms with Gasteiger partial charge in [0.05, 0.1) is 0 Å². The molecule has 0 unspecified atom stereocenters.